The Morgan fingerprint density at radius 3 is 2.55 bits per heavy atom. The Morgan fingerprint density at radius 1 is 1.07 bits per heavy atom. The summed E-state index contributed by atoms with van der Waals surface area (Å²) in [7, 11) is 0. The standard InChI is InChI=1S/C23H22ClN3O2/c24-21-12-5-4-11-20(21)23(29)27-19-10-6-7-16(14-19)13-17(15-25)22(28)26-18-8-2-1-3-9-18/h4-7,10-14,18H,1-3,8-9H2,(H,26,28)(H,27,29)/b17-13+. The summed E-state index contributed by atoms with van der Waals surface area (Å²) in [6, 6.07) is 15.9. The molecule has 0 aromatic heterocycles. The molecule has 148 valence electrons. The van der Waals surface area contributed by atoms with E-state index < -0.39 is 0 Å². The van der Waals surface area contributed by atoms with E-state index in [-0.39, 0.29) is 23.4 Å². The molecule has 0 heterocycles. The Hall–Kier alpha value is -3.10. The number of hydrogen-bond donors (Lipinski definition) is 2. The molecule has 2 amide bonds. The van der Waals surface area contributed by atoms with Gasteiger partial charge in [-0.05, 0) is 48.7 Å². The molecule has 29 heavy (non-hydrogen) atoms. The van der Waals surface area contributed by atoms with Gasteiger partial charge in [-0.15, -0.1) is 0 Å². The third kappa shape index (κ3) is 5.69. The zero-order valence-electron chi connectivity index (χ0n) is 16.0. The molecule has 0 aliphatic heterocycles. The largest absolute Gasteiger partial charge is 0.349 e. The lowest BCUT2D eigenvalue weighted by molar-refractivity contribution is -0.117. The number of amides is 2. The first-order chi connectivity index (χ1) is 14.1. The van der Waals surface area contributed by atoms with Crippen molar-refractivity contribution in [2.75, 3.05) is 5.32 Å². The van der Waals surface area contributed by atoms with Crippen LogP contribution >= 0.6 is 11.6 Å². The van der Waals surface area contributed by atoms with Gasteiger partial charge in [0.2, 0.25) is 0 Å². The van der Waals surface area contributed by atoms with Gasteiger partial charge in [0.25, 0.3) is 11.8 Å². The van der Waals surface area contributed by atoms with Gasteiger partial charge in [0, 0.05) is 11.7 Å². The summed E-state index contributed by atoms with van der Waals surface area (Å²) in [6.45, 7) is 0. The molecule has 2 N–H and O–H groups in total. The van der Waals surface area contributed by atoms with E-state index in [1.807, 2.05) is 6.07 Å². The summed E-state index contributed by atoms with van der Waals surface area (Å²) >= 11 is 6.07. The molecule has 5 nitrogen and oxygen atoms in total. The van der Waals surface area contributed by atoms with Crippen LogP contribution in [-0.4, -0.2) is 17.9 Å². The fraction of sp³-hybridized carbons (Fsp3) is 0.261. The van der Waals surface area contributed by atoms with Gasteiger partial charge in [-0.25, -0.2) is 0 Å². The fourth-order valence-electron chi connectivity index (χ4n) is 3.38. The van der Waals surface area contributed by atoms with E-state index in [0.717, 1.165) is 25.7 Å². The van der Waals surface area contributed by atoms with E-state index in [1.54, 1.807) is 48.5 Å². The summed E-state index contributed by atoms with van der Waals surface area (Å²) in [5, 5.41) is 15.5. The van der Waals surface area contributed by atoms with Crippen molar-refractivity contribution in [2.24, 2.45) is 0 Å². The Balaban J connectivity index is 1.72. The third-order valence-corrected chi connectivity index (χ3v) is 5.21. The molecule has 1 saturated carbocycles. The van der Waals surface area contributed by atoms with Gasteiger partial charge in [0.1, 0.15) is 11.6 Å². The molecule has 1 aliphatic carbocycles. The molecule has 1 aliphatic rings. The molecule has 2 aromatic rings. The van der Waals surface area contributed by atoms with Crippen molar-refractivity contribution >= 4 is 35.2 Å². The maximum Gasteiger partial charge on any atom is 0.262 e. The van der Waals surface area contributed by atoms with Crippen LogP contribution in [0.2, 0.25) is 5.02 Å². The second-order valence-electron chi connectivity index (χ2n) is 7.04. The zero-order chi connectivity index (χ0) is 20.6. The monoisotopic (exact) mass is 407 g/mol. The zero-order valence-corrected chi connectivity index (χ0v) is 16.7. The van der Waals surface area contributed by atoms with Crippen LogP contribution in [0.5, 0.6) is 0 Å². The van der Waals surface area contributed by atoms with Crippen LogP contribution in [0.1, 0.15) is 48.0 Å². The Labute approximate surface area is 175 Å². The maximum absolute atomic E-state index is 12.4. The van der Waals surface area contributed by atoms with E-state index in [2.05, 4.69) is 10.6 Å². The van der Waals surface area contributed by atoms with E-state index in [9.17, 15) is 14.9 Å². The number of halogens is 1. The first-order valence-electron chi connectivity index (χ1n) is 9.65. The number of nitriles is 1. The second kappa shape index (κ2) is 9.90. The first kappa shape index (κ1) is 20.6. The fourth-order valence-corrected chi connectivity index (χ4v) is 3.60. The third-order valence-electron chi connectivity index (χ3n) is 4.88. The van der Waals surface area contributed by atoms with Gasteiger partial charge in [-0.3, -0.25) is 9.59 Å². The highest BCUT2D eigenvalue weighted by Gasteiger charge is 2.18. The lowest BCUT2D eigenvalue weighted by atomic mass is 9.95. The van der Waals surface area contributed by atoms with Gasteiger partial charge in [0.05, 0.1) is 10.6 Å². The second-order valence-corrected chi connectivity index (χ2v) is 7.44. The van der Waals surface area contributed by atoms with Gasteiger partial charge < -0.3 is 10.6 Å². The van der Waals surface area contributed by atoms with Crippen LogP contribution in [0.25, 0.3) is 6.08 Å². The van der Waals surface area contributed by atoms with Gasteiger partial charge in [0.15, 0.2) is 0 Å². The molecule has 0 atom stereocenters. The minimum absolute atomic E-state index is 0.0464. The number of nitrogens with zero attached hydrogens (tertiary/aromatic N) is 1. The average Bonchev–Trinajstić information content (AvgIpc) is 2.73. The van der Waals surface area contributed by atoms with E-state index in [0.29, 0.717) is 21.8 Å². The molecule has 0 unspecified atom stereocenters. The maximum atomic E-state index is 12.4. The Bertz CT molecular complexity index is 972. The highest BCUT2D eigenvalue weighted by Crippen LogP contribution is 2.20. The molecule has 6 heteroatoms. The topological polar surface area (TPSA) is 82.0 Å². The highest BCUT2D eigenvalue weighted by atomic mass is 35.5. The predicted molar refractivity (Wildman–Crippen MR) is 114 cm³/mol. The number of carbonyl (C=O) groups excluding carboxylic acids is 2. The molecular formula is C23H22ClN3O2. The molecule has 3 rings (SSSR count). The average molecular weight is 408 g/mol. The highest BCUT2D eigenvalue weighted by molar-refractivity contribution is 6.34. The van der Waals surface area contributed by atoms with Gasteiger partial charge >= 0.3 is 0 Å². The predicted octanol–water partition coefficient (Wildman–Crippen LogP) is 4.95. The lowest BCUT2D eigenvalue weighted by Crippen LogP contribution is -2.36. The number of nitrogens with one attached hydrogen (secondary N) is 2. The minimum Gasteiger partial charge on any atom is -0.349 e. The quantitative estimate of drug-likeness (QED) is 0.543. The molecule has 0 saturated heterocycles. The Kier molecular flexibility index (Phi) is 7.04. The molecule has 0 bridgehead atoms. The summed E-state index contributed by atoms with van der Waals surface area (Å²) in [5.41, 5.74) is 1.62. The van der Waals surface area contributed by atoms with Crippen LogP contribution < -0.4 is 10.6 Å². The van der Waals surface area contributed by atoms with Gasteiger partial charge in [-0.2, -0.15) is 5.26 Å². The number of anilines is 1. The van der Waals surface area contributed by atoms with Crippen molar-refractivity contribution in [2.45, 2.75) is 38.1 Å². The molecule has 0 radical (unpaired) electrons. The number of rotatable bonds is 5. The van der Waals surface area contributed by atoms with E-state index >= 15 is 0 Å². The van der Waals surface area contributed by atoms with Crippen LogP contribution in [0.3, 0.4) is 0 Å². The molecule has 0 spiro atoms. The number of benzene rings is 2. The summed E-state index contributed by atoms with van der Waals surface area (Å²) in [4.78, 5) is 24.9. The van der Waals surface area contributed by atoms with Crippen LogP contribution in [-0.2, 0) is 4.79 Å². The number of carbonyl (C=O) groups is 2. The van der Waals surface area contributed by atoms with Crippen molar-refractivity contribution in [3.8, 4) is 6.07 Å². The van der Waals surface area contributed by atoms with Crippen molar-refractivity contribution in [1.29, 1.82) is 5.26 Å². The van der Waals surface area contributed by atoms with Crippen LogP contribution in [0.4, 0.5) is 5.69 Å². The van der Waals surface area contributed by atoms with Crippen molar-refractivity contribution in [1.82, 2.24) is 5.32 Å². The first-order valence-corrected chi connectivity index (χ1v) is 10.0. The Morgan fingerprint density at radius 2 is 1.83 bits per heavy atom. The molecule has 1 fully saturated rings. The SMILES string of the molecule is N#C/C(=C\c1cccc(NC(=O)c2ccccc2Cl)c1)C(=O)NC1CCCCC1. The van der Waals surface area contributed by atoms with Crippen molar-refractivity contribution in [3.63, 3.8) is 0 Å². The number of hydrogen-bond acceptors (Lipinski definition) is 3. The summed E-state index contributed by atoms with van der Waals surface area (Å²) in [5.74, 6) is -0.683. The smallest absolute Gasteiger partial charge is 0.262 e. The summed E-state index contributed by atoms with van der Waals surface area (Å²) in [6.07, 6.45) is 6.83. The van der Waals surface area contributed by atoms with E-state index in [4.69, 9.17) is 11.6 Å². The van der Waals surface area contributed by atoms with Crippen molar-refractivity contribution in [3.05, 3.63) is 70.3 Å². The van der Waals surface area contributed by atoms with Crippen LogP contribution in [0, 0.1) is 11.3 Å². The lowest BCUT2D eigenvalue weighted by Gasteiger charge is -2.22. The molecule has 2 aromatic carbocycles. The van der Waals surface area contributed by atoms with Crippen LogP contribution in [0.15, 0.2) is 54.1 Å². The van der Waals surface area contributed by atoms with Gasteiger partial charge in [-0.1, -0.05) is 55.1 Å². The van der Waals surface area contributed by atoms with Crippen molar-refractivity contribution < 1.29 is 9.59 Å². The summed E-state index contributed by atoms with van der Waals surface area (Å²) < 4.78 is 0. The normalized spacial score (nSPS) is 14.7. The molecular weight excluding hydrogens is 386 g/mol. The van der Waals surface area contributed by atoms with E-state index in [1.165, 1.54) is 12.5 Å². The minimum atomic E-state index is -0.357.